The predicted molar refractivity (Wildman–Crippen MR) is 87.4 cm³/mol. The molecule has 0 aliphatic heterocycles. The zero-order valence-corrected chi connectivity index (χ0v) is 14.6. The molecule has 0 spiro atoms. The summed E-state index contributed by atoms with van der Waals surface area (Å²) in [7, 11) is 0. The van der Waals surface area contributed by atoms with E-state index in [0.29, 0.717) is 5.92 Å². The van der Waals surface area contributed by atoms with Crippen molar-refractivity contribution in [3.63, 3.8) is 0 Å². The van der Waals surface area contributed by atoms with Gasteiger partial charge in [0.15, 0.2) is 0 Å². The second kappa shape index (κ2) is 7.90. The van der Waals surface area contributed by atoms with Crippen LogP contribution in [0.25, 0.3) is 0 Å². The molecule has 1 aromatic rings. The standard InChI is InChI=1S/C14H20Br2N2O/c1-9(2)6-7-17-14(19)10(3)18-13-5-4-11(15)8-12(13)16/h4-5,8-10,18H,6-7H2,1-3H3,(H,17,19). The molecular weight excluding hydrogens is 372 g/mol. The third-order valence-electron chi connectivity index (χ3n) is 2.72. The lowest BCUT2D eigenvalue weighted by Crippen LogP contribution is -2.38. The van der Waals surface area contributed by atoms with E-state index in [4.69, 9.17) is 0 Å². The van der Waals surface area contributed by atoms with E-state index in [1.807, 2.05) is 25.1 Å². The Morgan fingerprint density at radius 3 is 2.53 bits per heavy atom. The van der Waals surface area contributed by atoms with E-state index in [2.05, 4.69) is 56.3 Å². The fraction of sp³-hybridized carbons (Fsp3) is 0.500. The van der Waals surface area contributed by atoms with Gasteiger partial charge in [-0.25, -0.2) is 0 Å². The highest BCUT2D eigenvalue weighted by molar-refractivity contribution is 9.11. The summed E-state index contributed by atoms with van der Waals surface area (Å²) in [6.45, 7) is 6.88. The minimum Gasteiger partial charge on any atom is -0.373 e. The van der Waals surface area contributed by atoms with Crippen molar-refractivity contribution in [1.29, 1.82) is 0 Å². The summed E-state index contributed by atoms with van der Waals surface area (Å²) < 4.78 is 1.93. The fourth-order valence-electron chi connectivity index (χ4n) is 1.54. The maximum absolute atomic E-state index is 11.9. The maximum Gasteiger partial charge on any atom is 0.242 e. The van der Waals surface area contributed by atoms with E-state index in [1.165, 1.54) is 0 Å². The van der Waals surface area contributed by atoms with Crippen LogP contribution in [0.3, 0.4) is 0 Å². The molecule has 5 heteroatoms. The number of rotatable bonds is 6. The van der Waals surface area contributed by atoms with Gasteiger partial charge in [0.05, 0.1) is 0 Å². The molecule has 106 valence electrons. The Hall–Kier alpha value is -0.550. The zero-order chi connectivity index (χ0) is 14.4. The van der Waals surface area contributed by atoms with Gasteiger partial charge < -0.3 is 10.6 Å². The van der Waals surface area contributed by atoms with Crippen LogP contribution in [-0.2, 0) is 4.79 Å². The summed E-state index contributed by atoms with van der Waals surface area (Å²) in [5.41, 5.74) is 0.912. The lowest BCUT2D eigenvalue weighted by molar-refractivity contribution is -0.121. The van der Waals surface area contributed by atoms with Crippen molar-refractivity contribution in [3.8, 4) is 0 Å². The Morgan fingerprint density at radius 2 is 1.95 bits per heavy atom. The van der Waals surface area contributed by atoms with Crippen molar-refractivity contribution in [2.24, 2.45) is 5.92 Å². The van der Waals surface area contributed by atoms with E-state index in [-0.39, 0.29) is 11.9 Å². The molecule has 19 heavy (non-hydrogen) atoms. The van der Waals surface area contributed by atoms with Gasteiger partial charge in [-0.2, -0.15) is 0 Å². The van der Waals surface area contributed by atoms with Crippen LogP contribution in [-0.4, -0.2) is 18.5 Å². The van der Waals surface area contributed by atoms with E-state index in [1.54, 1.807) is 0 Å². The van der Waals surface area contributed by atoms with Crippen LogP contribution < -0.4 is 10.6 Å². The Kier molecular flexibility index (Phi) is 6.86. The Balaban J connectivity index is 2.49. The molecule has 2 N–H and O–H groups in total. The number of amides is 1. The van der Waals surface area contributed by atoms with Crippen LogP contribution in [0, 0.1) is 5.92 Å². The molecule has 0 saturated carbocycles. The number of nitrogens with one attached hydrogen (secondary N) is 2. The van der Waals surface area contributed by atoms with Gasteiger partial charge in [0.25, 0.3) is 0 Å². The summed E-state index contributed by atoms with van der Waals surface area (Å²) in [6, 6.07) is 5.57. The summed E-state index contributed by atoms with van der Waals surface area (Å²) in [5.74, 6) is 0.625. The van der Waals surface area contributed by atoms with Gasteiger partial charge in [0.1, 0.15) is 6.04 Å². The predicted octanol–water partition coefficient (Wildman–Crippen LogP) is 4.17. The molecule has 1 amide bonds. The highest BCUT2D eigenvalue weighted by Crippen LogP contribution is 2.26. The first kappa shape index (κ1) is 16.5. The van der Waals surface area contributed by atoms with Crippen LogP contribution in [0.4, 0.5) is 5.69 Å². The number of anilines is 1. The van der Waals surface area contributed by atoms with Gasteiger partial charge in [-0.1, -0.05) is 29.8 Å². The number of benzene rings is 1. The average Bonchev–Trinajstić information content (AvgIpc) is 2.32. The monoisotopic (exact) mass is 390 g/mol. The first-order valence-corrected chi connectivity index (χ1v) is 7.98. The van der Waals surface area contributed by atoms with Crippen LogP contribution in [0.5, 0.6) is 0 Å². The van der Waals surface area contributed by atoms with Crippen molar-refractivity contribution in [1.82, 2.24) is 5.32 Å². The molecule has 0 saturated heterocycles. The zero-order valence-electron chi connectivity index (χ0n) is 11.5. The summed E-state index contributed by atoms with van der Waals surface area (Å²) in [5, 5.41) is 6.13. The van der Waals surface area contributed by atoms with Gasteiger partial charge in [-0.05, 0) is 53.4 Å². The van der Waals surface area contributed by atoms with E-state index >= 15 is 0 Å². The molecule has 0 aliphatic carbocycles. The van der Waals surface area contributed by atoms with Crippen LogP contribution in [0.15, 0.2) is 27.1 Å². The maximum atomic E-state index is 11.9. The van der Waals surface area contributed by atoms with Gasteiger partial charge >= 0.3 is 0 Å². The van der Waals surface area contributed by atoms with E-state index in [0.717, 1.165) is 27.6 Å². The second-order valence-corrected chi connectivity index (χ2v) is 6.73. The third-order valence-corrected chi connectivity index (χ3v) is 3.87. The number of halogens is 2. The lowest BCUT2D eigenvalue weighted by Gasteiger charge is -2.17. The van der Waals surface area contributed by atoms with Crippen molar-refractivity contribution in [2.45, 2.75) is 33.2 Å². The second-order valence-electron chi connectivity index (χ2n) is 4.96. The van der Waals surface area contributed by atoms with Crippen molar-refractivity contribution in [2.75, 3.05) is 11.9 Å². The van der Waals surface area contributed by atoms with Crippen LogP contribution in [0.1, 0.15) is 27.2 Å². The average molecular weight is 392 g/mol. The summed E-state index contributed by atoms with van der Waals surface area (Å²) in [6.07, 6.45) is 1.00. The highest BCUT2D eigenvalue weighted by atomic mass is 79.9. The Morgan fingerprint density at radius 1 is 1.26 bits per heavy atom. The first-order chi connectivity index (χ1) is 8.90. The molecule has 0 fully saturated rings. The van der Waals surface area contributed by atoms with Crippen molar-refractivity contribution >= 4 is 43.5 Å². The van der Waals surface area contributed by atoms with Gasteiger partial charge in [0.2, 0.25) is 5.91 Å². The number of hydrogen-bond acceptors (Lipinski definition) is 2. The van der Waals surface area contributed by atoms with E-state index in [9.17, 15) is 4.79 Å². The normalized spacial score (nSPS) is 12.3. The SMILES string of the molecule is CC(C)CCNC(=O)C(C)Nc1ccc(Br)cc1Br. The quantitative estimate of drug-likeness (QED) is 0.763. The van der Waals surface area contributed by atoms with Gasteiger partial charge in [-0.3, -0.25) is 4.79 Å². The third kappa shape index (κ3) is 5.95. The fourth-order valence-corrected chi connectivity index (χ4v) is 2.70. The molecule has 3 nitrogen and oxygen atoms in total. The smallest absolute Gasteiger partial charge is 0.242 e. The van der Waals surface area contributed by atoms with Crippen molar-refractivity contribution in [3.05, 3.63) is 27.1 Å². The van der Waals surface area contributed by atoms with E-state index < -0.39 is 0 Å². The lowest BCUT2D eigenvalue weighted by atomic mass is 10.1. The van der Waals surface area contributed by atoms with Gasteiger partial charge in [0, 0.05) is 21.2 Å². The largest absolute Gasteiger partial charge is 0.373 e. The molecule has 1 atom stereocenters. The summed E-state index contributed by atoms with van der Waals surface area (Å²) in [4.78, 5) is 11.9. The number of carbonyl (C=O) groups excluding carboxylic acids is 1. The molecule has 1 rings (SSSR count). The Labute approximate surface area is 131 Å². The Bertz CT molecular complexity index is 435. The molecule has 1 aromatic carbocycles. The molecule has 0 aliphatic rings. The van der Waals surface area contributed by atoms with Crippen LogP contribution in [0.2, 0.25) is 0 Å². The highest BCUT2D eigenvalue weighted by Gasteiger charge is 2.13. The molecule has 0 heterocycles. The molecule has 1 unspecified atom stereocenters. The molecule has 0 radical (unpaired) electrons. The first-order valence-electron chi connectivity index (χ1n) is 6.39. The molecular formula is C14H20Br2N2O. The minimum absolute atomic E-state index is 0.0236. The number of carbonyl (C=O) groups is 1. The molecule has 0 bridgehead atoms. The van der Waals surface area contributed by atoms with Gasteiger partial charge in [-0.15, -0.1) is 0 Å². The van der Waals surface area contributed by atoms with Crippen LogP contribution >= 0.6 is 31.9 Å². The van der Waals surface area contributed by atoms with Crippen molar-refractivity contribution < 1.29 is 4.79 Å². The molecule has 0 aromatic heterocycles. The minimum atomic E-state index is -0.260. The summed E-state index contributed by atoms with van der Waals surface area (Å²) >= 11 is 6.87. The number of hydrogen-bond donors (Lipinski definition) is 2. The topological polar surface area (TPSA) is 41.1 Å².